The molecule has 48 heavy (non-hydrogen) atoms. The number of carbonyl (C=O) groups is 3. The second-order valence-corrected chi connectivity index (χ2v) is 13.9. The van der Waals surface area contributed by atoms with Crippen molar-refractivity contribution in [2.75, 3.05) is 25.4 Å². The van der Waals surface area contributed by atoms with Gasteiger partial charge in [-0.05, 0) is 63.0 Å². The summed E-state index contributed by atoms with van der Waals surface area (Å²) in [5.74, 6) is -3.29. The number of β-lactam (4-membered cyclic amide) rings is 1. The number of nitrogens with zero attached hydrogens (tertiary/aromatic N) is 5. The molecule has 7 N–H and O–H groups in total. The van der Waals surface area contributed by atoms with Gasteiger partial charge in [0.1, 0.15) is 18.1 Å². The number of nitrogens with two attached hydrogens (primary N) is 2. The Morgan fingerprint density at radius 1 is 1.23 bits per heavy atom. The predicted molar refractivity (Wildman–Crippen MR) is 171 cm³/mol. The minimum absolute atomic E-state index is 0.0191. The van der Waals surface area contributed by atoms with Crippen molar-refractivity contribution >= 4 is 56.2 Å². The number of carbonyl (C=O) groups excluding carboxylic acids is 2. The number of ketones is 1. The number of nitrogen functional groups attached to an aromatic ring is 1. The average molecular weight is 709 g/mol. The number of Topliss-reactive ketones (excluding diaryl/α,β-unsaturated/α-hetero) is 1. The monoisotopic (exact) mass is 708 g/mol. The van der Waals surface area contributed by atoms with Gasteiger partial charge in [-0.2, -0.15) is 13.5 Å². The molecule has 1 aromatic carbocycles. The summed E-state index contributed by atoms with van der Waals surface area (Å²) in [7, 11) is -4.99. The highest BCUT2D eigenvalue weighted by Crippen LogP contribution is 2.40. The maximum Gasteiger partial charge on any atom is 0.418 e. The Labute approximate surface area is 279 Å². The van der Waals surface area contributed by atoms with E-state index in [1.54, 1.807) is 12.1 Å². The number of anilines is 1. The summed E-state index contributed by atoms with van der Waals surface area (Å²) in [4.78, 5) is 54.0. The Morgan fingerprint density at radius 3 is 2.56 bits per heavy atom. The molecule has 0 unspecified atom stereocenters. The Hall–Kier alpha value is -4.37. The van der Waals surface area contributed by atoms with Crippen molar-refractivity contribution in [1.29, 1.82) is 0 Å². The number of hydroxylamine groups is 2. The van der Waals surface area contributed by atoms with Crippen LogP contribution in [0.4, 0.5) is 5.13 Å². The number of hydrogen-bond donors (Lipinski definition) is 5. The Morgan fingerprint density at radius 2 is 1.94 bits per heavy atom. The van der Waals surface area contributed by atoms with E-state index in [9.17, 15) is 27.9 Å². The third kappa shape index (κ3) is 8.01. The van der Waals surface area contributed by atoms with Crippen molar-refractivity contribution in [3.63, 3.8) is 0 Å². The number of rotatable bonds is 13. The first kappa shape index (κ1) is 35.0. The molecule has 0 saturated carbocycles. The maximum absolute atomic E-state index is 13.4. The third-order valence-electron chi connectivity index (χ3n) is 8.26. The van der Waals surface area contributed by atoms with Crippen LogP contribution in [-0.2, 0) is 47.0 Å². The van der Waals surface area contributed by atoms with Gasteiger partial charge in [0.15, 0.2) is 22.6 Å². The number of hydrogen-bond acceptors (Lipinski definition) is 14. The summed E-state index contributed by atoms with van der Waals surface area (Å²) in [6.45, 7) is 5.29. The molecule has 1 aromatic heterocycles. The number of fused-ring (bicyclic) bond motifs is 1. The van der Waals surface area contributed by atoms with Crippen molar-refractivity contribution in [2.45, 2.75) is 63.9 Å². The fraction of sp³-hybridized carbons (Fsp3) is 0.500. The van der Waals surface area contributed by atoms with E-state index in [0.717, 1.165) is 48.4 Å². The molecule has 2 atom stereocenters. The first-order chi connectivity index (χ1) is 22.6. The van der Waals surface area contributed by atoms with Gasteiger partial charge in [-0.1, -0.05) is 11.2 Å². The van der Waals surface area contributed by atoms with Gasteiger partial charge in [-0.3, -0.25) is 14.1 Å². The van der Waals surface area contributed by atoms with Gasteiger partial charge in [0.25, 0.3) is 12.0 Å². The molecule has 20 heteroatoms. The SMILES string of the molecule is CC1(C)[C@H](CC(=O)/C(=N\O[C@@H](COc2ccc3c(c2)CN(C(N)=NC2CCNCC2)C3)C(=O)O)c2csc(N)n2)C(=O)N1OS(=O)(=O)O. The highest BCUT2D eigenvalue weighted by molar-refractivity contribution is 7.80. The van der Waals surface area contributed by atoms with Gasteiger partial charge in [-0.25, -0.2) is 14.8 Å². The molecule has 2 fully saturated rings. The highest BCUT2D eigenvalue weighted by Gasteiger charge is 2.57. The first-order valence-electron chi connectivity index (χ1n) is 14.9. The molecule has 0 bridgehead atoms. The minimum Gasteiger partial charge on any atom is -0.489 e. The second kappa shape index (κ2) is 14.0. The molecular formula is C28H36N8O10S2. The van der Waals surface area contributed by atoms with Crippen molar-refractivity contribution < 1.29 is 46.3 Å². The number of amides is 1. The molecule has 0 radical (unpaired) electrons. The number of nitrogens with one attached hydrogen (secondary N) is 1. The van der Waals surface area contributed by atoms with Crippen LogP contribution in [0.25, 0.3) is 0 Å². The number of piperidine rings is 1. The van der Waals surface area contributed by atoms with E-state index in [2.05, 4.69) is 24.7 Å². The Balaban J connectivity index is 1.24. The van der Waals surface area contributed by atoms with E-state index in [1.807, 2.05) is 11.0 Å². The van der Waals surface area contributed by atoms with Crippen LogP contribution in [0.15, 0.2) is 33.7 Å². The summed E-state index contributed by atoms with van der Waals surface area (Å²) in [5, 5.41) is 18.9. The lowest BCUT2D eigenvalue weighted by molar-refractivity contribution is -0.228. The molecule has 2 aromatic rings. The number of ether oxygens (including phenoxy) is 1. The maximum atomic E-state index is 13.4. The normalized spacial score (nSPS) is 20.6. The van der Waals surface area contributed by atoms with Crippen molar-refractivity contribution in [3.8, 4) is 5.75 Å². The lowest BCUT2D eigenvalue weighted by Gasteiger charge is -2.50. The summed E-state index contributed by atoms with van der Waals surface area (Å²) < 4.78 is 41.3. The molecule has 0 aliphatic carbocycles. The van der Waals surface area contributed by atoms with Crippen LogP contribution >= 0.6 is 11.3 Å². The van der Waals surface area contributed by atoms with Gasteiger partial charge in [0.2, 0.25) is 0 Å². The van der Waals surface area contributed by atoms with E-state index in [1.165, 1.54) is 19.2 Å². The number of carboxylic acids is 1. The quantitative estimate of drug-likeness (QED) is 0.0616. The van der Waals surface area contributed by atoms with E-state index in [0.29, 0.717) is 29.9 Å². The minimum atomic E-state index is -4.99. The van der Waals surface area contributed by atoms with Crippen LogP contribution in [0.3, 0.4) is 0 Å². The third-order valence-corrected chi connectivity index (χ3v) is 9.27. The molecule has 260 valence electrons. The molecule has 2 saturated heterocycles. The fourth-order valence-electron chi connectivity index (χ4n) is 5.55. The number of guanidine groups is 1. The zero-order valence-corrected chi connectivity index (χ0v) is 27.7. The summed E-state index contributed by atoms with van der Waals surface area (Å²) >= 11 is 0.990. The number of thiazole rings is 1. The fourth-order valence-corrected chi connectivity index (χ4v) is 6.55. The molecule has 1 amide bonds. The molecule has 4 heterocycles. The van der Waals surface area contributed by atoms with Gasteiger partial charge < -0.3 is 36.4 Å². The van der Waals surface area contributed by atoms with Gasteiger partial charge in [0, 0.05) is 24.9 Å². The Bertz CT molecular complexity index is 1740. The number of aliphatic carboxylic acids is 1. The summed E-state index contributed by atoms with van der Waals surface area (Å²) in [6.07, 6.45) is -0.294. The van der Waals surface area contributed by atoms with E-state index < -0.39 is 64.4 Å². The van der Waals surface area contributed by atoms with Gasteiger partial charge >= 0.3 is 16.4 Å². The van der Waals surface area contributed by atoms with Crippen LogP contribution in [-0.4, -0.2) is 99.7 Å². The van der Waals surface area contributed by atoms with Crippen LogP contribution < -0.4 is 21.5 Å². The number of aliphatic imine (C=N–C) groups is 1. The van der Waals surface area contributed by atoms with E-state index in [-0.39, 0.29) is 16.9 Å². The summed E-state index contributed by atoms with van der Waals surface area (Å²) in [6, 6.07) is 5.53. The molecule has 18 nitrogen and oxygen atoms in total. The molecule has 3 aliphatic rings. The standard InChI is InChI=1S/C28H36N8O10S2/c1-28(2)19(24(38)36(28)46-48(41,42)43)10-21(37)23(20-14-47-27(30)33-20)34-45-22(25(39)40)13-44-18-4-3-15-11-35(12-16(15)9-18)26(29)32-17-5-7-31-8-6-17/h3-4,9,14,17,19,22,31H,5-8,10-13H2,1-2H3,(H2,29,32)(H2,30,33)(H,39,40)(H,41,42,43)/b34-23-/t19-,22+/m1/s1. The van der Waals surface area contributed by atoms with Crippen molar-refractivity contribution in [1.82, 2.24) is 20.3 Å². The second-order valence-electron chi connectivity index (χ2n) is 12.0. The van der Waals surface area contributed by atoms with Crippen LogP contribution in [0.5, 0.6) is 5.75 Å². The molecule has 3 aliphatic heterocycles. The summed E-state index contributed by atoms with van der Waals surface area (Å²) in [5.41, 5.74) is 12.3. The number of carboxylic acid groups (broad SMARTS) is 1. The average Bonchev–Trinajstić information content (AvgIpc) is 3.66. The predicted octanol–water partition coefficient (Wildman–Crippen LogP) is 0.291. The van der Waals surface area contributed by atoms with Crippen LogP contribution in [0, 0.1) is 5.92 Å². The van der Waals surface area contributed by atoms with Crippen molar-refractivity contribution in [3.05, 3.63) is 40.4 Å². The number of aromatic nitrogens is 1. The number of oxime groups is 1. The lowest BCUT2D eigenvalue weighted by atomic mass is 9.74. The zero-order chi connectivity index (χ0) is 34.8. The largest absolute Gasteiger partial charge is 0.489 e. The number of benzene rings is 1. The van der Waals surface area contributed by atoms with E-state index >= 15 is 0 Å². The molecule has 5 rings (SSSR count). The van der Waals surface area contributed by atoms with E-state index in [4.69, 9.17) is 25.6 Å². The zero-order valence-electron chi connectivity index (χ0n) is 26.1. The smallest absolute Gasteiger partial charge is 0.418 e. The van der Waals surface area contributed by atoms with Crippen LogP contribution in [0.1, 0.15) is 49.9 Å². The topological polar surface area (TPSA) is 262 Å². The van der Waals surface area contributed by atoms with Gasteiger partial charge in [0.05, 0.1) is 17.5 Å². The first-order valence-corrected chi connectivity index (χ1v) is 17.1. The lowest BCUT2D eigenvalue weighted by Crippen LogP contribution is -2.68. The highest BCUT2D eigenvalue weighted by atomic mass is 32.3. The van der Waals surface area contributed by atoms with Crippen LogP contribution in [0.2, 0.25) is 0 Å². The van der Waals surface area contributed by atoms with Gasteiger partial charge in [-0.15, -0.1) is 15.6 Å². The Kier molecular flexibility index (Phi) is 10.2. The van der Waals surface area contributed by atoms with Crippen molar-refractivity contribution in [2.24, 2.45) is 21.8 Å². The molecule has 0 spiro atoms. The molecular weight excluding hydrogens is 672 g/mol.